The van der Waals surface area contributed by atoms with Crippen LogP contribution in [0.3, 0.4) is 0 Å². The molecule has 0 bridgehead atoms. The van der Waals surface area contributed by atoms with Crippen LogP contribution in [-0.2, 0) is 42.8 Å². The number of hydrogen-bond acceptors (Lipinski definition) is 0. The van der Waals surface area contributed by atoms with Gasteiger partial charge in [-0.3, -0.25) is 0 Å². The summed E-state index contributed by atoms with van der Waals surface area (Å²) in [6.45, 7) is 0. The van der Waals surface area contributed by atoms with E-state index in [0.29, 0.717) is 0 Å². The van der Waals surface area contributed by atoms with Gasteiger partial charge in [-0.25, -0.2) is 0 Å². The molecule has 0 aliphatic carbocycles. The van der Waals surface area contributed by atoms with Crippen molar-refractivity contribution in [3.05, 3.63) is 0 Å². The Hall–Kier alpha value is 2.10. The molecular weight excluding hydrogens is 208 g/mol. The van der Waals surface area contributed by atoms with E-state index >= 15 is 0 Å². The van der Waals surface area contributed by atoms with Crippen molar-refractivity contribution in [1.82, 2.24) is 0 Å². The second-order valence-electron chi connectivity index (χ2n) is 0. The molecule has 0 saturated heterocycles. The quantitative estimate of drug-likeness (QED) is 0.504. The molecule has 26 valence electrons. The topological polar surface area (TPSA) is 0 Å². The van der Waals surface area contributed by atoms with E-state index < -0.39 is 0 Å². The molecule has 0 nitrogen and oxygen atoms in total. The van der Waals surface area contributed by atoms with Crippen molar-refractivity contribution in [2.45, 2.75) is 0 Å². The van der Waals surface area contributed by atoms with Crippen LogP contribution in [0.15, 0.2) is 0 Å². The van der Waals surface area contributed by atoms with Gasteiger partial charge in [-0.15, -0.1) is 0 Å². The van der Waals surface area contributed by atoms with E-state index in [9.17, 15) is 0 Å². The van der Waals surface area contributed by atoms with Crippen molar-refractivity contribution >= 4 is 27.0 Å². The minimum Gasteiger partial charge on any atom is -0.197 e. The van der Waals surface area contributed by atoms with E-state index in [4.69, 9.17) is 0 Å². The van der Waals surface area contributed by atoms with Gasteiger partial charge in [0.05, 0.1) is 0 Å². The van der Waals surface area contributed by atoms with Gasteiger partial charge in [0, 0.05) is 42.8 Å². The molecule has 0 aromatic rings. The van der Waals surface area contributed by atoms with Crippen LogP contribution < -0.4 is 0 Å². The van der Waals surface area contributed by atoms with Gasteiger partial charge in [0.2, 0.25) is 0 Å². The Bertz CT molecular complexity index is 6.00. The third kappa shape index (κ3) is 8.93. The molecule has 0 heterocycles. The van der Waals surface area contributed by atoms with Crippen molar-refractivity contribution in [3.8, 4) is 0 Å². The van der Waals surface area contributed by atoms with Gasteiger partial charge in [-0.1, -0.05) is 0 Å². The summed E-state index contributed by atoms with van der Waals surface area (Å²) in [5, 5.41) is 0. The zero-order chi connectivity index (χ0) is 0. The maximum absolute atomic E-state index is 0. The Balaban J connectivity index is 0. The van der Waals surface area contributed by atoms with Gasteiger partial charge in [0.25, 0.3) is 0 Å². The molecule has 0 aliphatic heterocycles. The van der Waals surface area contributed by atoms with Gasteiger partial charge in [0.1, 0.15) is 0 Å². The summed E-state index contributed by atoms with van der Waals surface area (Å²) in [6.07, 6.45) is 0. The second kappa shape index (κ2) is 19.4. The van der Waals surface area contributed by atoms with Crippen LogP contribution in [0.25, 0.3) is 0 Å². The Morgan fingerprint density at radius 3 is 0.750 bits per heavy atom. The van der Waals surface area contributed by atoms with Gasteiger partial charge in [0.15, 0.2) is 0 Å². The van der Waals surface area contributed by atoms with Crippen molar-refractivity contribution in [2.75, 3.05) is 0 Å². The molecule has 0 radical (unpaired) electrons. The molecule has 0 spiro atoms. The predicted molar refractivity (Wildman–Crippen MR) is 20.8 cm³/mol. The van der Waals surface area contributed by atoms with Crippen LogP contribution in [0.1, 0.15) is 0 Å². The van der Waals surface area contributed by atoms with Crippen molar-refractivity contribution in [1.29, 1.82) is 0 Å². The standard InChI is InChI=1S/Mo.2H2S.Ti/h;2*1H2;. The van der Waals surface area contributed by atoms with Gasteiger partial charge >= 0.3 is 0 Å². The molecular formula is H4MoS2Ti. The van der Waals surface area contributed by atoms with Gasteiger partial charge < -0.3 is 0 Å². The zero-order valence-corrected chi connectivity index (χ0v) is 7.48. The molecule has 0 unspecified atom stereocenters. The van der Waals surface area contributed by atoms with E-state index in [1.165, 1.54) is 0 Å². The minimum atomic E-state index is 0. The maximum atomic E-state index is 0. The van der Waals surface area contributed by atoms with E-state index in [0.717, 1.165) is 0 Å². The largest absolute Gasteiger partial charge is 0.197 e. The van der Waals surface area contributed by atoms with Crippen molar-refractivity contribution < 1.29 is 42.8 Å². The molecule has 0 N–H and O–H groups in total. The summed E-state index contributed by atoms with van der Waals surface area (Å²) in [4.78, 5) is 0. The molecule has 0 rings (SSSR count). The summed E-state index contributed by atoms with van der Waals surface area (Å²) in [7, 11) is 0. The molecule has 0 aliphatic rings. The fourth-order valence-electron chi connectivity index (χ4n) is 0. The molecule has 0 saturated carbocycles. The van der Waals surface area contributed by atoms with E-state index in [2.05, 4.69) is 0 Å². The van der Waals surface area contributed by atoms with Crippen LogP contribution in [0.4, 0.5) is 0 Å². The first-order chi connectivity index (χ1) is 0. The van der Waals surface area contributed by atoms with Crippen LogP contribution in [-0.4, -0.2) is 0 Å². The van der Waals surface area contributed by atoms with Crippen molar-refractivity contribution in [3.63, 3.8) is 0 Å². The third-order valence-corrected chi connectivity index (χ3v) is 0. The van der Waals surface area contributed by atoms with Crippen LogP contribution in [0, 0.1) is 0 Å². The SMILES string of the molecule is S.S.[Mo].[Ti]. The zero-order valence-electron chi connectivity index (χ0n) is 1.91. The average Bonchev–Trinajstić information content (AvgIpc) is 0. The van der Waals surface area contributed by atoms with Gasteiger partial charge in [-0.2, -0.15) is 27.0 Å². The average molecular weight is 212 g/mol. The van der Waals surface area contributed by atoms with E-state index in [-0.39, 0.29) is 69.8 Å². The Labute approximate surface area is 69.1 Å². The Morgan fingerprint density at radius 2 is 0.750 bits per heavy atom. The Kier molecular flexibility index (Phi) is 175. The fourth-order valence-corrected chi connectivity index (χ4v) is 0. The first-order valence-electron chi connectivity index (χ1n) is 0. The van der Waals surface area contributed by atoms with Crippen LogP contribution in [0.2, 0.25) is 0 Å². The van der Waals surface area contributed by atoms with Gasteiger partial charge in [-0.05, 0) is 0 Å². The minimum absolute atomic E-state index is 0. The Morgan fingerprint density at radius 1 is 0.750 bits per heavy atom. The predicted octanol–water partition coefficient (Wildman–Crippen LogP) is 0.221. The first kappa shape index (κ1) is 35.9. The summed E-state index contributed by atoms with van der Waals surface area (Å²) < 4.78 is 0. The first-order valence-corrected chi connectivity index (χ1v) is 0. The van der Waals surface area contributed by atoms with E-state index in [1.807, 2.05) is 0 Å². The van der Waals surface area contributed by atoms with Crippen LogP contribution >= 0.6 is 27.0 Å². The summed E-state index contributed by atoms with van der Waals surface area (Å²) >= 11 is 0. The number of hydrogen-bond donors (Lipinski definition) is 0. The molecule has 0 fully saturated rings. The molecule has 0 aromatic heterocycles. The summed E-state index contributed by atoms with van der Waals surface area (Å²) in [5.41, 5.74) is 0. The molecule has 4 heteroatoms. The third-order valence-electron chi connectivity index (χ3n) is 0. The monoisotopic (exact) mass is 214 g/mol. The summed E-state index contributed by atoms with van der Waals surface area (Å²) in [5.74, 6) is 0. The maximum Gasteiger partial charge on any atom is 0 e. The second-order valence-corrected chi connectivity index (χ2v) is 0. The smallest absolute Gasteiger partial charge is 0 e. The number of rotatable bonds is 0. The van der Waals surface area contributed by atoms with Crippen molar-refractivity contribution in [2.24, 2.45) is 0 Å². The molecule has 4 heavy (non-hydrogen) atoms. The fraction of sp³-hybridized carbons (Fsp3) is 0. The molecule has 0 amide bonds. The molecule has 0 aromatic carbocycles. The van der Waals surface area contributed by atoms with E-state index in [1.54, 1.807) is 0 Å². The summed E-state index contributed by atoms with van der Waals surface area (Å²) in [6, 6.07) is 0. The molecule has 0 atom stereocenters. The normalized spacial score (nSPS) is 0. The van der Waals surface area contributed by atoms with Crippen LogP contribution in [0.5, 0.6) is 0 Å².